The third kappa shape index (κ3) is 1.62. The Morgan fingerprint density at radius 1 is 1.14 bits per heavy atom. The minimum atomic E-state index is 0.307. The molecular weight excluding hydrogens is 176 g/mol. The predicted octanol–water partition coefficient (Wildman–Crippen LogP) is 2.37. The van der Waals surface area contributed by atoms with Gasteiger partial charge in [-0.15, -0.1) is 0 Å². The van der Waals surface area contributed by atoms with Gasteiger partial charge < -0.3 is 9.47 Å². The molecule has 1 aliphatic rings. The molecule has 0 spiro atoms. The lowest BCUT2D eigenvalue weighted by Crippen LogP contribution is -2.13. The topological polar surface area (TPSA) is 18.5 Å². The lowest BCUT2D eigenvalue weighted by molar-refractivity contribution is 0.171. The zero-order chi connectivity index (χ0) is 10.0. The van der Waals surface area contributed by atoms with Crippen LogP contribution in [0.4, 0.5) is 0 Å². The predicted molar refractivity (Wildman–Crippen MR) is 55.8 cm³/mol. The maximum absolute atomic E-state index is 5.25. The van der Waals surface area contributed by atoms with E-state index in [1.807, 2.05) is 12.1 Å². The molecule has 14 heavy (non-hydrogen) atoms. The van der Waals surface area contributed by atoms with Crippen LogP contribution in [-0.4, -0.2) is 20.8 Å². The van der Waals surface area contributed by atoms with Gasteiger partial charge >= 0.3 is 0 Å². The molecule has 76 valence electrons. The van der Waals surface area contributed by atoms with Crippen molar-refractivity contribution in [1.82, 2.24) is 0 Å². The highest BCUT2D eigenvalue weighted by Crippen LogP contribution is 2.48. The van der Waals surface area contributed by atoms with Crippen LogP contribution in [0.5, 0.6) is 5.75 Å². The molecule has 0 aromatic heterocycles. The van der Waals surface area contributed by atoms with Crippen molar-refractivity contribution in [3.63, 3.8) is 0 Å². The summed E-state index contributed by atoms with van der Waals surface area (Å²) < 4.78 is 10.4. The molecule has 1 aromatic carbocycles. The van der Waals surface area contributed by atoms with E-state index in [1.54, 1.807) is 14.2 Å². The summed E-state index contributed by atoms with van der Waals surface area (Å²) in [6.07, 6.45) is 2.49. The SMILES string of the molecule is COCC1(c2ccc(OC)cc2)CC1. The van der Waals surface area contributed by atoms with Crippen molar-refractivity contribution in [2.24, 2.45) is 0 Å². The normalized spacial score (nSPS) is 17.9. The molecular formula is C12H16O2. The van der Waals surface area contributed by atoms with E-state index in [2.05, 4.69) is 12.1 Å². The number of rotatable bonds is 4. The standard InChI is InChI=1S/C12H16O2/c1-13-9-12(7-8-12)10-3-5-11(14-2)6-4-10/h3-6H,7-9H2,1-2H3. The minimum Gasteiger partial charge on any atom is -0.497 e. The van der Waals surface area contributed by atoms with E-state index >= 15 is 0 Å². The van der Waals surface area contributed by atoms with Crippen LogP contribution in [0, 0.1) is 0 Å². The first kappa shape index (κ1) is 9.53. The van der Waals surface area contributed by atoms with Crippen molar-refractivity contribution in [1.29, 1.82) is 0 Å². The summed E-state index contributed by atoms with van der Waals surface area (Å²) >= 11 is 0. The van der Waals surface area contributed by atoms with Gasteiger partial charge in [0.2, 0.25) is 0 Å². The maximum atomic E-state index is 5.25. The van der Waals surface area contributed by atoms with Gasteiger partial charge in [-0.25, -0.2) is 0 Å². The van der Waals surface area contributed by atoms with Crippen molar-refractivity contribution in [2.45, 2.75) is 18.3 Å². The molecule has 0 bridgehead atoms. The molecule has 1 aromatic rings. The van der Waals surface area contributed by atoms with Crippen molar-refractivity contribution < 1.29 is 9.47 Å². The zero-order valence-corrected chi connectivity index (χ0v) is 8.75. The molecule has 2 heteroatoms. The summed E-state index contributed by atoms with van der Waals surface area (Å²) in [7, 11) is 3.46. The molecule has 0 radical (unpaired) electrons. The first-order valence-electron chi connectivity index (χ1n) is 4.94. The molecule has 1 aliphatic carbocycles. The first-order chi connectivity index (χ1) is 6.80. The van der Waals surface area contributed by atoms with Crippen LogP contribution in [0.1, 0.15) is 18.4 Å². The average Bonchev–Trinajstić information content (AvgIpc) is 3.00. The zero-order valence-electron chi connectivity index (χ0n) is 8.75. The lowest BCUT2D eigenvalue weighted by Gasteiger charge is -2.14. The van der Waals surface area contributed by atoms with Crippen molar-refractivity contribution in [3.8, 4) is 5.75 Å². The summed E-state index contributed by atoms with van der Waals surface area (Å²) in [5.74, 6) is 0.918. The second-order valence-corrected chi connectivity index (χ2v) is 3.94. The molecule has 0 unspecified atom stereocenters. The fourth-order valence-electron chi connectivity index (χ4n) is 1.89. The molecule has 1 fully saturated rings. The highest BCUT2D eigenvalue weighted by Gasteiger charge is 2.44. The van der Waals surface area contributed by atoms with Crippen LogP contribution in [0.15, 0.2) is 24.3 Å². The van der Waals surface area contributed by atoms with E-state index in [-0.39, 0.29) is 0 Å². The van der Waals surface area contributed by atoms with E-state index < -0.39 is 0 Å². The summed E-state index contributed by atoms with van der Waals surface area (Å²) in [5.41, 5.74) is 1.68. The molecule has 2 rings (SSSR count). The van der Waals surface area contributed by atoms with Crippen LogP contribution in [0.25, 0.3) is 0 Å². The van der Waals surface area contributed by atoms with Crippen LogP contribution >= 0.6 is 0 Å². The number of methoxy groups -OCH3 is 2. The van der Waals surface area contributed by atoms with Gasteiger partial charge in [-0.3, -0.25) is 0 Å². The largest absolute Gasteiger partial charge is 0.497 e. The van der Waals surface area contributed by atoms with Gasteiger partial charge in [0.15, 0.2) is 0 Å². The second kappa shape index (κ2) is 3.62. The molecule has 0 aliphatic heterocycles. The number of ether oxygens (including phenoxy) is 2. The molecule has 0 N–H and O–H groups in total. The lowest BCUT2D eigenvalue weighted by atomic mass is 9.97. The first-order valence-corrected chi connectivity index (χ1v) is 4.94. The number of hydrogen-bond acceptors (Lipinski definition) is 2. The summed E-state index contributed by atoms with van der Waals surface area (Å²) in [4.78, 5) is 0. The van der Waals surface area contributed by atoms with Gasteiger partial charge in [0.1, 0.15) is 5.75 Å². The van der Waals surface area contributed by atoms with E-state index in [0.717, 1.165) is 12.4 Å². The van der Waals surface area contributed by atoms with Crippen molar-refractivity contribution in [3.05, 3.63) is 29.8 Å². The highest BCUT2D eigenvalue weighted by atomic mass is 16.5. The number of hydrogen-bond donors (Lipinski definition) is 0. The molecule has 0 saturated heterocycles. The number of benzene rings is 1. The molecule has 0 atom stereocenters. The summed E-state index contributed by atoms with van der Waals surface area (Å²) in [6, 6.07) is 8.33. The van der Waals surface area contributed by atoms with Crippen molar-refractivity contribution >= 4 is 0 Å². The molecule has 0 amide bonds. The van der Waals surface area contributed by atoms with Crippen LogP contribution in [0.2, 0.25) is 0 Å². The Morgan fingerprint density at radius 3 is 2.21 bits per heavy atom. The fourth-order valence-corrected chi connectivity index (χ4v) is 1.89. The Balaban J connectivity index is 2.16. The van der Waals surface area contributed by atoms with E-state index in [9.17, 15) is 0 Å². The van der Waals surface area contributed by atoms with Crippen molar-refractivity contribution in [2.75, 3.05) is 20.8 Å². The highest BCUT2D eigenvalue weighted by molar-refractivity contribution is 5.36. The Hall–Kier alpha value is -1.02. The molecule has 2 nitrogen and oxygen atoms in total. The second-order valence-electron chi connectivity index (χ2n) is 3.94. The van der Waals surface area contributed by atoms with Gasteiger partial charge in [-0.05, 0) is 30.5 Å². The monoisotopic (exact) mass is 192 g/mol. The van der Waals surface area contributed by atoms with Crippen LogP contribution in [-0.2, 0) is 10.2 Å². The Kier molecular flexibility index (Phi) is 2.46. The fraction of sp³-hybridized carbons (Fsp3) is 0.500. The van der Waals surface area contributed by atoms with Gasteiger partial charge in [-0.2, -0.15) is 0 Å². The average molecular weight is 192 g/mol. The molecule has 1 saturated carbocycles. The molecule has 0 heterocycles. The summed E-state index contributed by atoms with van der Waals surface area (Å²) in [6.45, 7) is 0.833. The maximum Gasteiger partial charge on any atom is 0.118 e. The van der Waals surface area contributed by atoms with E-state index in [4.69, 9.17) is 9.47 Å². The third-order valence-electron chi connectivity index (χ3n) is 2.98. The van der Waals surface area contributed by atoms with Gasteiger partial charge in [-0.1, -0.05) is 12.1 Å². The van der Waals surface area contributed by atoms with Gasteiger partial charge in [0, 0.05) is 12.5 Å². The Labute approximate surface area is 84.8 Å². The summed E-state index contributed by atoms with van der Waals surface area (Å²) in [5, 5.41) is 0. The van der Waals surface area contributed by atoms with Crippen LogP contribution in [0.3, 0.4) is 0 Å². The third-order valence-corrected chi connectivity index (χ3v) is 2.98. The Morgan fingerprint density at radius 2 is 1.79 bits per heavy atom. The van der Waals surface area contributed by atoms with Crippen LogP contribution < -0.4 is 4.74 Å². The smallest absolute Gasteiger partial charge is 0.118 e. The quantitative estimate of drug-likeness (QED) is 0.729. The van der Waals surface area contributed by atoms with Gasteiger partial charge in [0.25, 0.3) is 0 Å². The Bertz CT molecular complexity index is 299. The van der Waals surface area contributed by atoms with E-state index in [1.165, 1.54) is 18.4 Å². The minimum absolute atomic E-state index is 0.307. The van der Waals surface area contributed by atoms with Gasteiger partial charge in [0.05, 0.1) is 13.7 Å². The van der Waals surface area contributed by atoms with E-state index in [0.29, 0.717) is 5.41 Å².